The Hall–Kier alpha value is -2.34. The Morgan fingerprint density at radius 1 is 1.10 bits per heavy atom. The third-order valence-electron chi connectivity index (χ3n) is 4.94. The highest BCUT2D eigenvalue weighted by Gasteiger charge is 2.23. The van der Waals surface area contributed by atoms with E-state index < -0.39 is 0 Å². The van der Waals surface area contributed by atoms with Crippen molar-refractivity contribution in [3.63, 3.8) is 0 Å². The van der Waals surface area contributed by atoms with Gasteiger partial charge in [-0.3, -0.25) is 9.59 Å². The predicted molar refractivity (Wildman–Crippen MR) is 116 cm³/mol. The lowest BCUT2D eigenvalue weighted by atomic mass is 9.97. The first-order valence-corrected chi connectivity index (χ1v) is 10.2. The Morgan fingerprint density at radius 3 is 2.41 bits per heavy atom. The Morgan fingerprint density at radius 2 is 1.76 bits per heavy atom. The maximum absolute atomic E-state index is 12.7. The van der Waals surface area contributed by atoms with Crippen LogP contribution >= 0.6 is 23.2 Å². The van der Waals surface area contributed by atoms with Crippen molar-refractivity contribution >= 4 is 46.8 Å². The maximum atomic E-state index is 12.7. The lowest BCUT2D eigenvalue weighted by Crippen LogP contribution is -2.39. The molecule has 0 bridgehead atoms. The topological polar surface area (TPSA) is 69.6 Å². The Bertz CT molecular complexity index is 902. The van der Waals surface area contributed by atoms with Crippen LogP contribution in [0.25, 0.3) is 6.08 Å². The number of nitrogens with zero attached hydrogens (tertiary/aromatic N) is 1. The first-order valence-electron chi connectivity index (χ1n) is 9.41. The number of hydrogen-bond acceptors (Lipinski definition) is 3. The summed E-state index contributed by atoms with van der Waals surface area (Å²) in [5.41, 5.74) is 1.62. The summed E-state index contributed by atoms with van der Waals surface area (Å²) in [4.78, 5) is 26.8. The minimum atomic E-state index is -0.352. The number of anilines is 1. The molecule has 2 aromatic rings. The first kappa shape index (κ1) is 21.4. The molecule has 0 spiro atoms. The van der Waals surface area contributed by atoms with Gasteiger partial charge in [0.25, 0.3) is 5.91 Å². The summed E-state index contributed by atoms with van der Waals surface area (Å²) in [5.74, 6) is -0.159. The number of piperidine rings is 1. The van der Waals surface area contributed by atoms with E-state index in [1.54, 1.807) is 53.4 Å². The summed E-state index contributed by atoms with van der Waals surface area (Å²) in [7, 11) is 0. The fourth-order valence-corrected chi connectivity index (χ4v) is 3.77. The van der Waals surface area contributed by atoms with E-state index in [0.717, 1.165) is 12.8 Å². The zero-order valence-electron chi connectivity index (χ0n) is 15.8. The summed E-state index contributed by atoms with van der Waals surface area (Å²) in [6.07, 6.45) is 4.50. The van der Waals surface area contributed by atoms with Crippen LogP contribution in [0.3, 0.4) is 0 Å². The van der Waals surface area contributed by atoms with Gasteiger partial charge in [-0.2, -0.15) is 0 Å². The number of hydrogen-bond donors (Lipinski definition) is 2. The van der Waals surface area contributed by atoms with Crippen LogP contribution in [-0.2, 0) is 4.79 Å². The molecular formula is C22H22Cl2N2O3. The van der Waals surface area contributed by atoms with Crippen LogP contribution in [0.4, 0.5) is 5.69 Å². The van der Waals surface area contributed by atoms with Gasteiger partial charge in [0, 0.05) is 52.6 Å². The highest BCUT2D eigenvalue weighted by molar-refractivity contribution is 6.37. The molecule has 152 valence electrons. The van der Waals surface area contributed by atoms with Crippen molar-refractivity contribution in [1.82, 2.24) is 4.90 Å². The molecule has 1 fully saturated rings. The van der Waals surface area contributed by atoms with Crippen molar-refractivity contribution in [2.75, 3.05) is 25.0 Å². The van der Waals surface area contributed by atoms with Gasteiger partial charge in [-0.25, -0.2) is 0 Å². The predicted octanol–water partition coefficient (Wildman–Crippen LogP) is 4.49. The van der Waals surface area contributed by atoms with Crippen molar-refractivity contribution in [2.24, 2.45) is 5.92 Å². The normalized spacial score (nSPS) is 14.9. The third-order valence-corrected chi connectivity index (χ3v) is 5.60. The van der Waals surface area contributed by atoms with E-state index in [0.29, 0.717) is 39.9 Å². The van der Waals surface area contributed by atoms with Gasteiger partial charge in [0.2, 0.25) is 5.91 Å². The molecule has 0 atom stereocenters. The Balaban J connectivity index is 1.64. The highest BCUT2D eigenvalue weighted by Crippen LogP contribution is 2.25. The van der Waals surface area contributed by atoms with Crippen molar-refractivity contribution < 1.29 is 14.7 Å². The number of halogens is 2. The molecule has 2 N–H and O–H groups in total. The number of benzene rings is 2. The number of carbonyl (C=O) groups is 2. The molecule has 5 nitrogen and oxygen atoms in total. The summed E-state index contributed by atoms with van der Waals surface area (Å²) in [6.45, 7) is 1.42. The van der Waals surface area contributed by atoms with Gasteiger partial charge >= 0.3 is 0 Å². The fourth-order valence-electron chi connectivity index (χ4n) is 3.24. The highest BCUT2D eigenvalue weighted by atomic mass is 35.5. The number of carbonyl (C=O) groups excluding carboxylic acids is 2. The van der Waals surface area contributed by atoms with Crippen molar-refractivity contribution in [2.45, 2.75) is 12.8 Å². The van der Waals surface area contributed by atoms with Crippen molar-refractivity contribution in [1.29, 1.82) is 0 Å². The number of nitrogens with one attached hydrogen (secondary N) is 1. The standard InChI is InChI=1S/C22H22Cl2N2O3/c23-19-5-2-6-20(24)18(19)7-8-21(28)25-17-4-1-3-16(13-17)22(29)26-11-9-15(14-27)10-12-26/h1-8,13,15,27H,9-12,14H2,(H,25,28). The molecule has 1 aliphatic heterocycles. The van der Waals surface area contributed by atoms with Crippen LogP contribution in [0.2, 0.25) is 10.0 Å². The van der Waals surface area contributed by atoms with Gasteiger partial charge in [-0.1, -0.05) is 35.3 Å². The van der Waals surface area contributed by atoms with Gasteiger partial charge in [-0.15, -0.1) is 0 Å². The number of aliphatic hydroxyl groups is 1. The van der Waals surface area contributed by atoms with E-state index in [1.807, 2.05) is 0 Å². The zero-order valence-corrected chi connectivity index (χ0v) is 17.3. The molecule has 29 heavy (non-hydrogen) atoms. The summed E-state index contributed by atoms with van der Waals surface area (Å²) < 4.78 is 0. The summed E-state index contributed by atoms with van der Waals surface area (Å²) in [6, 6.07) is 12.0. The van der Waals surface area contributed by atoms with E-state index >= 15 is 0 Å². The van der Waals surface area contributed by atoms with Crippen LogP contribution in [0.15, 0.2) is 48.5 Å². The lowest BCUT2D eigenvalue weighted by Gasteiger charge is -2.31. The molecule has 1 heterocycles. The van der Waals surface area contributed by atoms with Crippen LogP contribution in [0.1, 0.15) is 28.8 Å². The van der Waals surface area contributed by atoms with Crippen molar-refractivity contribution in [3.8, 4) is 0 Å². The Kier molecular flexibility index (Phi) is 7.31. The second kappa shape index (κ2) is 9.92. The second-order valence-corrected chi connectivity index (χ2v) is 7.77. The minimum absolute atomic E-state index is 0.0733. The quantitative estimate of drug-likeness (QED) is 0.683. The molecular weight excluding hydrogens is 411 g/mol. The molecule has 0 saturated carbocycles. The van der Waals surface area contributed by atoms with E-state index in [2.05, 4.69) is 5.32 Å². The van der Waals surface area contributed by atoms with Gasteiger partial charge in [0.15, 0.2) is 0 Å². The van der Waals surface area contributed by atoms with Gasteiger partial charge in [-0.05, 0) is 55.2 Å². The van der Waals surface area contributed by atoms with E-state index in [1.165, 1.54) is 6.08 Å². The van der Waals surface area contributed by atoms with Crippen LogP contribution in [0, 0.1) is 5.92 Å². The molecule has 2 amide bonds. The molecule has 1 aliphatic rings. The zero-order chi connectivity index (χ0) is 20.8. The number of aliphatic hydroxyl groups excluding tert-OH is 1. The number of rotatable bonds is 5. The van der Waals surface area contributed by atoms with E-state index in [-0.39, 0.29) is 24.3 Å². The van der Waals surface area contributed by atoms with Crippen molar-refractivity contribution in [3.05, 3.63) is 69.7 Å². The average Bonchev–Trinajstić information content (AvgIpc) is 2.73. The Labute approximate surface area is 179 Å². The summed E-state index contributed by atoms with van der Waals surface area (Å²) in [5, 5.41) is 12.9. The van der Waals surface area contributed by atoms with Gasteiger partial charge in [0.05, 0.1) is 0 Å². The van der Waals surface area contributed by atoms with Crippen LogP contribution in [-0.4, -0.2) is 41.5 Å². The second-order valence-electron chi connectivity index (χ2n) is 6.96. The molecule has 1 saturated heterocycles. The van der Waals surface area contributed by atoms with Crippen LogP contribution < -0.4 is 5.32 Å². The molecule has 0 aliphatic carbocycles. The molecule has 3 rings (SSSR count). The lowest BCUT2D eigenvalue weighted by molar-refractivity contribution is -0.111. The first-order chi connectivity index (χ1) is 14.0. The monoisotopic (exact) mass is 432 g/mol. The summed E-state index contributed by atoms with van der Waals surface area (Å²) >= 11 is 12.2. The van der Waals surface area contributed by atoms with Crippen LogP contribution in [0.5, 0.6) is 0 Å². The SMILES string of the molecule is O=C(C=Cc1c(Cl)cccc1Cl)Nc1cccc(C(=O)N2CCC(CO)CC2)c1. The maximum Gasteiger partial charge on any atom is 0.253 e. The van der Waals surface area contributed by atoms with E-state index in [4.69, 9.17) is 23.2 Å². The van der Waals surface area contributed by atoms with Gasteiger partial charge < -0.3 is 15.3 Å². The number of likely N-dealkylation sites (tertiary alicyclic amines) is 1. The third kappa shape index (κ3) is 5.60. The number of amides is 2. The largest absolute Gasteiger partial charge is 0.396 e. The fraction of sp³-hybridized carbons (Fsp3) is 0.273. The smallest absolute Gasteiger partial charge is 0.253 e. The molecule has 7 heteroatoms. The molecule has 0 aromatic heterocycles. The van der Waals surface area contributed by atoms with E-state index in [9.17, 15) is 14.7 Å². The molecule has 0 radical (unpaired) electrons. The average molecular weight is 433 g/mol. The minimum Gasteiger partial charge on any atom is -0.396 e. The van der Waals surface area contributed by atoms with Gasteiger partial charge in [0.1, 0.15) is 0 Å². The molecule has 0 unspecified atom stereocenters. The molecule has 2 aromatic carbocycles.